The highest BCUT2D eigenvalue weighted by atomic mass is 19.4. The number of halogens is 3. The summed E-state index contributed by atoms with van der Waals surface area (Å²) in [6, 6.07) is 0. The first kappa shape index (κ1) is 14.8. The molecule has 0 aliphatic carbocycles. The van der Waals surface area contributed by atoms with Gasteiger partial charge in [0, 0.05) is 13.2 Å². The first-order chi connectivity index (χ1) is 7.16. The maximum atomic E-state index is 12.8. The molecular weight excluding hydrogens is 215 g/mol. The maximum absolute atomic E-state index is 12.8. The van der Waals surface area contributed by atoms with Gasteiger partial charge in [0.15, 0.2) is 0 Å². The van der Waals surface area contributed by atoms with Gasteiger partial charge in [-0.1, -0.05) is 18.2 Å². The normalized spacial score (nSPS) is 16.5. The van der Waals surface area contributed by atoms with Gasteiger partial charge in [-0.15, -0.1) is 6.58 Å². The molecule has 0 amide bonds. The van der Waals surface area contributed by atoms with E-state index in [9.17, 15) is 13.2 Å². The van der Waals surface area contributed by atoms with Crippen LogP contribution < -0.4 is 0 Å². The quantitative estimate of drug-likeness (QED) is 0.646. The van der Waals surface area contributed by atoms with Crippen LogP contribution in [0.2, 0.25) is 0 Å². The lowest BCUT2D eigenvalue weighted by molar-refractivity contribution is -0.199. The van der Waals surface area contributed by atoms with Crippen LogP contribution in [0.1, 0.15) is 20.3 Å². The summed E-state index contributed by atoms with van der Waals surface area (Å²) in [6.07, 6.45) is -0.268. The summed E-state index contributed by atoms with van der Waals surface area (Å²) in [5, 5.41) is 0. The number of nitrogens with zero attached hydrogens (tertiary/aromatic N) is 1. The van der Waals surface area contributed by atoms with Gasteiger partial charge in [0.1, 0.15) is 0 Å². The Morgan fingerprint density at radius 3 is 2.12 bits per heavy atom. The molecule has 0 rings (SSSR count). The maximum Gasteiger partial charge on any atom is 0.397 e. The van der Waals surface area contributed by atoms with Crippen molar-refractivity contribution in [1.82, 2.24) is 4.90 Å². The molecule has 0 saturated carbocycles. The Labute approximate surface area is 94.9 Å². The molecule has 92 valence electrons. The average Bonchev–Trinajstić information content (AvgIpc) is 2.15. The number of alkyl halides is 3. The summed E-state index contributed by atoms with van der Waals surface area (Å²) in [5.74, 6) is 0. The predicted molar refractivity (Wildman–Crippen MR) is 60.7 cm³/mol. The lowest BCUT2D eigenvalue weighted by Gasteiger charge is -2.29. The summed E-state index contributed by atoms with van der Waals surface area (Å²) in [7, 11) is 1.72. The molecule has 1 atom stereocenters. The third kappa shape index (κ3) is 3.76. The zero-order chi connectivity index (χ0) is 13.0. The molecule has 1 unspecified atom stereocenters. The van der Waals surface area contributed by atoms with E-state index in [4.69, 9.17) is 0 Å². The third-order valence-electron chi connectivity index (χ3n) is 2.46. The van der Waals surface area contributed by atoms with Crippen molar-refractivity contribution in [2.75, 3.05) is 7.05 Å². The number of hydrogen-bond donors (Lipinski definition) is 0. The minimum absolute atomic E-state index is 0.0990. The Balaban J connectivity index is 4.87. The highest BCUT2D eigenvalue weighted by Gasteiger charge is 2.48. The van der Waals surface area contributed by atoms with Crippen molar-refractivity contribution in [2.24, 2.45) is 5.41 Å². The molecule has 4 heteroatoms. The number of allylic oxidation sites excluding steroid dienone is 2. The molecule has 0 radical (unpaired) electrons. The monoisotopic (exact) mass is 233 g/mol. The van der Waals surface area contributed by atoms with Crippen molar-refractivity contribution < 1.29 is 13.2 Å². The van der Waals surface area contributed by atoms with Crippen molar-refractivity contribution in [2.45, 2.75) is 26.4 Å². The fraction of sp³-hybridized carbons (Fsp3) is 0.500. The zero-order valence-corrected chi connectivity index (χ0v) is 9.93. The molecule has 0 aliphatic heterocycles. The van der Waals surface area contributed by atoms with E-state index >= 15 is 0 Å². The number of rotatable bonds is 5. The van der Waals surface area contributed by atoms with E-state index in [0.29, 0.717) is 5.57 Å². The standard InChI is InChI=1S/C12H18F3N/c1-6-11(4,12(13,14)15)8-10(3)9-16(5)7-2/h6-7,9H,1-2,8H2,3-5H3/b10-9+. The Kier molecular flexibility index (Phi) is 4.84. The number of hydrogen-bond acceptors (Lipinski definition) is 1. The first-order valence-corrected chi connectivity index (χ1v) is 4.88. The van der Waals surface area contributed by atoms with E-state index in [1.165, 1.54) is 6.20 Å². The molecule has 0 bridgehead atoms. The van der Waals surface area contributed by atoms with E-state index in [-0.39, 0.29) is 6.42 Å². The van der Waals surface area contributed by atoms with Crippen LogP contribution in [-0.2, 0) is 0 Å². The van der Waals surface area contributed by atoms with Gasteiger partial charge in [-0.05, 0) is 26.5 Å². The summed E-state index contributed by atoms with van der Waals surface area (Å²) in [6.45, 7) is 9.59. The van der Waals surface area contributed by atoms with Crippen LogP contribution in [0.25, 0.3) is 0 Å². The van der Waals surface area contributed by atoms with Crippen LogP contribution in [0.5, 0.6) is 0 Å². The highest BCUT2D eigenvalue weighted by Crippen LogP contribution is 2.43. The second kappa shape index (κ2) is 5.23. The van der Waals surface area contributed by atoms with Gasteiger partial charge in [-0.3, -0.25) is 0 Å². The second-order valence-electron chi connectivity index (χ2n) is 4.12. The Bertz CT molecular complexity index is 291. The van der Waals surface area contributed by atoms with Crippen molar-refractivity contribution in [3.63, 3.8) is 0 Å². The summed E-state index contributed by atoms with van der Waals surface area (Å²) >= 11 is 0. The average molecular weight is 233 g/mol. The molecule has 1 nitrogen and oxygen atoms in total. The fourth-order valence-electron chi connectivity index (χ4n) is 1.31. The van der Waals surface area contributed by atoms with E-state index in [2.05, 4.69) is 13.2 Å². The molecule has 0 aromatic carbocycles. The van der Waals surface area contributed by atoms with Gasteiger partial charge in [0.25, 0.3) is 0 Å². The third-order valence-corrected chi connectivity index (χ3v) is 2.46. The van der Waals surface area contributed by atoms with Gasteiger partial charge in [0.05, 0.1) is 5.41 Å². The molecule has 0 spiro atoms. The van der Waals surface area contributed by atoms with Crippen LogP contribution in [0.15, 0.2) is 37.2 Å². The van der Waals surface area contributed by atoms with E-state index in [1.807, 2.05) is 0 Å². The largest absolute Gasteiger partial charge is 0.397 e. The van der Waals surface area contributed by atoms with Crippen LogP contribution in [-0.4, -0.2) is 18.1 Å². The topological polar surface area (TPSA) is 3.24 Å². The SMILES string of the molecule is C=CN(C)/C=C(\C)CC(C)(C=C)C(F)(F)F. The fourth-order valence-corrected chi connectivity index (χ4v) is 1.31. The molecule has 0 heterocycles. The van der Waals surface area contributed by atoms with E-state index in [0.717, 1.165) is 13.0 Å². The van der Waals surface area contributed by atoms with Gasteiger partial charge in [-0.25, -0.2) is 0 Å². The minimum atomic E-state index is -4.28. The highest BCUT2D eigenvalue weighted by molar-refractivity contribution is 5.09. The van der Waals surface area contributed by atoms with Crippen molar-refractivity contribution in [1.29, 1.82) is 0 Å². The molecular formula is C12H18F3N. The van der Waals surface area contributed by atoms with Gasteiger partial charge in [0.2, 0.25) is 0 Å². The lowest BCUT2D eigenvalue weighted by Crippen LogP contribution is -2.33. The van der Waals surface area contributed by atoms with Gasteiger partial charge in [-0.2, -0.15) is 13.2 Å². The van der Waals surface area contributed by atoms with Crippen molar-refractivity contribution in [3.05, 3.63) is 37.2 Å². The van der Waals surface area contributed by atoms with Crippen LogP contribution in [0, 0.1) is 5.41 Å². The molecule has 0 aromatic heterocycles. The smallest absolute Gasteiger partial charge is 0.358 e. The Morgan fingerprint density at radius 2 is 1.81 bits per heavy atom. The van der Waals surface area contributed by atoms with E-state index < -0.39 is 11.6 Å². The van der Waals surface area contributed by atoms with Crippen LogP contribution in [0.3, 0.4) is 0 Å². The Morgan fingerprint density at radius 1 is 1.31 bits per heavy atom. The van der Waals surface area contributed by atoms with Crippen LogP contribution in [0.4, 0.5) is 13.2 Å². The van der Waals surface area contributed by atoms with Gasteiger partial charge < -0.3 is 4.90 Å². The van der Waals surface area contributed by atoms with Crippen molar-refractivity contribution >= 4 is 0 Å². The van der Waals surface area contributed by atoms with E-state index in [1.54, 1.807) is 25.1 Å². The minimum Gasteiger partial charge on any atom is -0.358 e. The molecule has 0 aromatic rings. The zero-order valence-electron chi connectivity index (χ0n) is 9.93. The lowest BCUT2D eigenvalue weighted by atomic mass is 9.83. The van der Waals surface area contributed by atoms with Crippen LogP contribution >= 0.6 is 0 Å². The molecule has 16 heavy (non-hydrogen) atoms. The summed E-state index contributed by atoms with van der Waals surface area (Å²) in [5.41, 5.74) is -1.25. The Hall–Kier alpha value is -1.19. The molecule has 0 fully saturated rings. The molecule has 0 saturated heterocycles. The first-order valence-electron chi connectivity index (χ1n) is 4.88. The summed E-state index contributed by atoms with van der Waals surface area (Å²) in [4.78, 5) is 1.62. The van der Waals surface area contributed by atoms with Crippen molar-refractivity contribution in [3.8, 4) is 0 Å². The summed E-state index contributed by atoms with van der Waals surface area (Å²) < 4.78 is 38.3. The predicted octanol–water partition coefficient (Wildman–Crippen LogP) is 4.11. The molecule has 0 N–H and O–H groups in total. The second-order valence-corrected chi connectivity index (χ2v) is 4.12. The molecule has 0 aliphatic rings. The van der Waals surface area contributed by atoms with Gasteiger partial charge >= 0.3 is 6.18 Å².